The Balaban J connectivity index is 1.60. The van der Waals surface area contributed by atoms with E-state index in [2.05, 4.69) is 32.8 Å². The van der Waals surface area contributed by atoms with Crippen molar-refractivity contribution in [3.8, 4) is 5.75 Å². The van der Waals surface area contributed by atoms with Gasteiger partial charge in [0.1, 0.15) is 18.2 Å². The molecule has 0 fully saturated rings. The van der Waals surface area contributed by atoms with Crippen molar-refractivity contribution in [3.63, 3.8) is 0 Å². The fourth-order valence-corrected chi connectivity index (χ4v) is 3.47. The molecule has 0 bridgehead atoms. The molecule has 180 valence electrons. The topological polar surface area (TPSA) is 114 Å². The van der Waals surface area contributed by atoms with Gasteiger partial charge in [-0.2, -0.15) is 0 Å². The maximum absolute atomic E-state index is 15.3. The Hall–Kier alpha value is -4.44. The van der Waals surface area contributed by atoms with E-state index in [0.717, 1.165) is 6.08 Å². The van der Waals surface area contributed by atoms with Crippen LogP contribution in [0.5, 0.6) is 5.75 Å². The molecule has 1 aliphatic rings. The van der Waals surface area contributed by atoms with E-state index >= 15 is 4.39 Å². The van der Waals surface area contributed by atoms with Crippen LogP contribution in [0.3, 0.4) is 0 Å². The zero-order valence-corrected chi connectivity index (χ0v) is 19.0. The van der Waals surface area contributed by atoms with E-state index < -0.39 is 11.7 Å². The number of hydrogen-bond donors (Lipinski definition) is 4. The summed E-state index contributed by atoms with van der Waals surface area (Å²) in [5.41, 5.74) is 2.01. The molecule has 1 aromatic heterocycles. The first-order valence-electron chi connectivity index (χ1n) is 10.8. The predicted molar refractivity (Wildman–Crippen MR) is 131 cm³/mol. The number of pyridine rings is 1. The summed E-state index contributed by atoms with van der Waals surface area (Å²) in [4.78, 5) is 28.4. The molecule has 9 nitrogen and oxygen atoms in total. The molecule has 2 amide bonds. The first-order chi connectivity index (χ1) is 17.0. The van der Waals surface area contributed by atoms with Crippen LogP contribution in [0.4, 0.5) is 33.1 Å². The highest BCUT2D eigenvalue weighted by Gasteiger charge is 2.30. The zero-order valence-electron chi connectivity index (χ0n) is 19.0. The van der Waals surface area contributed by atoms with Crippen LogP contribution in [0.2, 0.25) is 0 Å². The number of anilines is 5. The Bertz CT molecular complexity index is 1260. The lowest BCUT2D eigenvalue weighted by Crippen LogP contribution is -2.14. The molecule has 10 heteroatoms. The van der Waals surface area contributed by atoms with Gasteiger partial charge in [-0.25, -0.2) is 9.37 Å². The van der Waals surface area contributed by atoms with Gasteiger partial charge in [-0.3, -0.25) is 9.59 Å². The molecule has 3 aromatic rings. The van der Waals surface area contributed by atoms with Crippen molar-refractivity contribution in [1.29, 1.82) is 0 Å². The molecule has 0 aliphatic carbocycles. The number of methoxy groups -OCH3 is 1. The van der Waals surface area contributed by atoms with Crippen molar-refractivity contribution in [2.75, 3.05) is 36.3 Å². The highest BCUT2D eigenvalue weighted by molar-refractivity contribution is 6.04. The third-order valence-corrected chi connectivity index (χ3v) is 5.14. The highest BCUT2D eigenvalue weighted by atomic mass is 19.1. The van der Waals surface area contributed by atoms with Gasteiger partial charge in [-0.15, -0.1) is 0 Å². The van der Waals surface area contributed by atoms with E-state index in [1.165, 1.54) is 0 Å². The summed E-state index contributed by atoms with van der Waals surface area (Å²) < 4.78 is 25.8. The molecule has 4 rings (SSSR count). The molecule has 0 saturated carbocycles. The van der Waals surface area contributed by atoms with Crippen LogP contribution in [-0.2, 0) is 16.1 Å². The average molecular weight is 477 g/mol. The minimum atomic E-state index is -0.633. The number of nitrogens with zero attached hydrogens (tertiary/aromatic N) is 1. The number of benzene rings is 2. The normalized spacial score (nSPS) is 11.9. The van der Waals surface area contributed by atoms with Crippen molar-refractivity contribution in [2.45, 2.75) is 6.54 Å². The Morgan fingerprint density at radius 3 is 2.60 bits per heavy atom. The Morgan fingerprint density at radius 1 is 1.11 bits per heavy atom. The average Bonchev–Trinajstić information content (AvgIpc) is 3.25. The Kier molecular flexibility index (Phi) is 7.22. The molecule has 0 radical (unpaired) electrons. The molecule has 0 spiro atoms. The van der Waals surface area contributed by atoms with Crippen LogP contribution in [0, 0.1) is 5.82 Å². The van der Waals surface area contributed by atoms with Gasteiger partial charge in [0.2, 0.25) is 5.91 Å². The fraction of sp³-hybridized carbons (Fsp3) is 0.160. The first kappa shape index (κ1) is 23.7. The van der Waals surface area contributed by atoms with Crippen molar-refractivity contribution in [1.82, 2.24) is 10.3 Å². The molecule has 2 heterocycles. The van der Waals surface area contributed by atoms with E-state index in [4.69, 9.17) is 9.47 Å². The number of halogens is 1. The smallest absolute Gasteiger partial charge is 0.255 e. The summed E-state index contributed by atoms with van der Waals surface area (Å²) in [6.07, 6.45) is 1.15. The Morgan fingerprint density at radius 2 is 1.86 bits per heavy atom. The number of ether oxygens (including phenoxy) is 2. The molecule has 35 heavy (non-hydrogen) atoms. The standard InChI is InChI=1S/C25H24FN5O4/c1-3-20(32)28-16-5-4-6-17(13-16)30-24-22(26)19-14-27-25(33)21(19)23(31-24)29-15-7-9-18(10-8-15)35-12-11-34-2/h3-10,13H,1,11-12,14H2,2H3,(H,27,33)(H,28,32)(H2,29,30,31). The molecule has 2 aromatic carbocycles. The van der Waals surface area contributed by atoms with Crippen LogP contribution < -0.4 is 26.0 Å². The molecule has 0 saturated heterocycles. The predicted octanol–water partition coefficient (Wildman–Crippen LogP) is 4.10. The number of carbonyl (C=O) groups excluding carboxylic acids is 2. The minimum absolute atomic E-state index is 0.0492. The summed E-state index contributed by atoms with van der Waals surface area (Å²) in [7, 11) is 1.60. The number of fused-ring (bicyclic) bond motifs is 1. The highest BCUT2D eigenvalue weighted by Crippen LogP contribution is 2.33. The van der Waals surface area contributed by atoms with E-state index in [-0.39, 0.29) is 35.2 Å². The lowest BCUT2D eigenvalue weighted by atomic mass is 10.1. The summed E-state index contributed by atoms with van der Waals surface area (Å²) in [6.45, 7) is 4.37. The van der Waals surface area contributed by atoms with Gasteiger partial charge in [0, 0.05) is 36.3 Å². The lowest BCUT2D eigenvalue weighted by molar-refractivity contribution is -0.111. The number of nitrogens with one attached hydrogen (secondary N) is 4. The third kappa shape index (κ3) is 5.56. The second-order valence-electron chi connectivity index (χ2n) is 7.55. The molecule has 0 unspecified atom stereocenters. The van der Waals surface area contributed by atoms with Crippen LogP contribution in [-0.4, -0.2) is 37.1 Å². The van der Waals surface area contributed by atoms with Gasteiger partial charge >= 0.3 is 0 Å². The van der Waals surface area contributed by atoms with E-state index in [1.807, 2.05) is 0 Å². The van der Waals surface area contributed by atoms with Gasteiger partial charge in [0.15, 0.2) is 11.6 Å². The maximum atomic E-state index is 15.3. The number of carbonyl (C=O) groups is 2. The number of aromatic nitrogens is 1. The molecular weight excluding hydrogens is 453 g/mol. The van der Waals surface area contributed by atoms with E-state index in [9.17, 15) is 9.59 Å². The molecule has 4 N–H and O–H groups in total. The van der Waals surface area contributed by atoms with Gasteiger partial charge in [-0.05, 0) is 48.5 Å². The van der Waals surface area contributed by atoms with E-state index in [0.29, 0.717) is 36.0 Å². The van der Waals surface area contributed by atoms with E-state index in [1.54, 1.807) is 55.6 Å². The summed E-state index contributed by atoms with van der Waals surface area (Å²) >= 11 is 0. The molecule has 0 atom stereocenters. The van der Waals surface area contributed by atoms with Crippen molar-refractivity contribution in [3.05, 3.63) is 78.1 Å². The van der Waals surface area contributed by atoms with Gasteiger partial charge in [0.25, 0.3) is 5.91 Å². The third-order valence-electron chi connectivity index (χ3n) is 5.14. The minimum Gasteiger partial charge on any atom is -0.491 e. The summed E-state index contributed by atoms with van der Waals surface area (Å²) in [5.74, 6) is -0.596. The van der Waals surface area contributed by atoms with Crippen molar-refractivity contribution >= 4 is 40.5 Å². The quantitative estimate of drug-likeness (QED) is 0.257. The van der Waals surface area contributed by atoms with Crippen LogP contribution >= 0.6 is 0 Å². The second kappa shape index (κ2) is 10.7. The van der Waals surface area contributed by atoms with Crippen LogP contribution in [0.1, 0.15) is 15.9 Å². The van der Waals surface area contributed by atoms with Crippen LogP contribution in [0.25, 0.3) is 0 Å². The van der Waals surface area contributed by atoms with Gasteiger partial charge in [-0.1, -0.05) is 12.6 Å². The largest absolute Gasteiger partial charge is 0.491 e. The lowest BCUT2D eigenvalue weighted by Gasteiger charge is -2.15. The number of rotatable bonds is 10. The zero-order chi connectivity index (χ0) is 24.8. The molecule has 1 aliphatic heterocycles. The SMILES string of the molecule is C=CC(=O)Nc1cccc(Nc2nc(Nc3ccc(OCCOC)cc3)c3c(c2F)CNC3=O)c1. The number of hydrogen-bond acceptors (Lipinski definition) is 7. The van der Waals surface area contributed by atoms with Crippen molar-refractivity contribution < 1.29 is 23.5 Å². The van der Waals surface area contributed by atoms with Gasteiger partial charge in [0.05, 0.1) is 12.2 Å². The van der Waals surface area contributed by atoms with Crippen molar-refractivity contribution in [2.24, 2.45) is 0 Å². The monoisotopic (exact) mass is 477 g/mol. The summed E-state index contributed by atoms with van der Waals surface area (Å²) in [6, 6.07) is 13.8. The molecular formula is C25H24FN5O4. The first-order valence-corrected chi connectivity index (χ1v) is 10.8. The Labute approximate surface area is 201 Å². The van der Waals surface area contributed by atoms with Gasteiger partial charge < -0.3 is 30.7 Å². The maximum Gasteiger partial charge on any atom is 0.255 e. The number of amides is 2. The second-order valence-corrected chi connectivity index (χ2v) is 7.55. The fourth-order valence-electron chi connectivity index (χ4n) is 3.47. The van der Waals surface area contributed by atoms with Crippen LogP contribution in [0.15, 0.2) is 61.2 Å². The summed E-state index contributed by atoms with van der Waals surface area (Å²) in [5, 5.41) is 11.3.